The maximum atomic E-state index is 6.28. The third-order valence-corrected chi connectivity index (χ3v) is 7.47. The van der Waals surface area contributed by atoms with Gasteiger partial charge >= 0.3 is 0 Å². The molecule has 0 radical (unpaired) electrons. The second-order valence-corrected chi connectivity index (χ2v) is 9.16. The van der Waals surface area contributed by atoms with Crippen molar-refractivity contribution in [1.29, 1.82) is 0 Å². The van der Waals surface area contributed by atoms with Crippen LogP contribution in [0.5, 0.6) is 0 Å². The largest absolute Gasteiger partial charge is 0.374 e. The van der Waals surface area contributed by atoms with Crippen LogP contribution in [-0.4, -0.2) is 35.7 Å². The van der Waals surface area contributed by atoms with Crippen molar-refractivity contribution in [2.75, 3.05) is 19.7 Å². The molecule has 1 unspecified atom stereocenters. The first kappa shape index (κ1) is 19.9. The van der Waals surface area contributed by atoms with E-state index in [0.29, 0.717) is 0 Å². The van der Waals surface area contributed by atoms with E-state index < -0.39 is 0 Å². The van der Waals surface area contributed by atoms with Crippen molar-refractivity contribution in [2.24, 2.45) is 0 Å². The minimum atomic E-state index is 0.127. The zero-order valence-corrected chi connectivity index (χ0v) is 18.6. The Balaban J connectivity index is 1.54. The smallest absolute Gasteiger partial charge is 0.110 e. The van der Waals surface area contributed by atoms with Crippen LogP contribution in [0.3, 0.4) is 0 Å². The van der Waals surface area contributed by atoms with Crippen LogP contribution in [0.25, 0.3) is 0 Å². The molecule has 5 heteroatoms. The Bertz CT molecular complexity index is 878. The van der Waals surface area contributed by atoms with Crippen molar-refractivity contribution in [3.05, 3.63) is 93.7 Å². The monoisotopic (exact) mass is 502 g/mol. The third-order valence-electron chi connectivity index (χ3n) is 4.86. The summed E-state index contributed by atoms with van der Waals surface area (Å²) in [7, 11) is 0. The summed E-state index contributed by atoms with van der Waals surface area (Å²) in [6.45, 7) is 3.62. The highest BCUT2D eigenvalue weighted by atomic mass is 127. The molecule has 4 rings (SSSR count). The molecule has 3 aromatic rings. The van der Waals surface area contributed by atoms with Gasteiger partial charge in [-0.05, 0) is 45.9 Å². The normalized spacial score (nSPS) is 18.7. The molecule has 1 aliphatic heterocycles. The van der Waals surface area contributed by atoms with Gasteiger partial charge in [0.2, 0.25) is 0 Å². The standard InChI is InChI=1S/C23H23IN2OS/c24-20-12-7-13-25-23(20)28-22(19-10-5-2-6-11-19)21-17-26(14-15-27-21)16-18-8-3-1-4-9-18/h1-13,21-22H,14-17H2/t21-,22?/m0/s1. The van der Waals surface area contributed by atoms with E-state index in [-0.39, 0.29) is 11.4 Å². The van der Waals surface area contributed by atoms with E-state index in [2.05, 4.69) is 99.2 Å². The summed E-state index contributed by atoms with van der Waals surface area (Å²) < 4.78 is 7.47. The number of thioether (sulfide) groups is 1. The molecule has 144 valence electrons. The number of halogens is 1. The molecule has 1 aromatic heterocycles. The first-order valence-electron chi connectivity index (χ1n) is 9.49. The van der Waals surface area contributed by atoms with Crippen molar-refractivity contribution < 1.29 is 4.74 Å². The summed E-state index contributed by atoms with van der Waals surface area (Å²) in [5, 5.41) is 1.28. The molecular formula is C23H23IN2OS. The fraction of sp³-hybridized carbons (Fsp3) is 0.261. The van der Waals surface area contributed by atoms with E-state index in [1.165, 1.54) is 14.7 Å². The highest BCUT2D eigenvalue weighted by molar-refractivity contribution is 14.1. The van der Waals surface area contributed by atoms with Crippen LogP contribution in [0.1, 0.15) is 16.4 Å². The van der Waals surface area contributed by atoms with E-state index in [4.69, 9.17) is 4.74 Å². The molecule has 0 saturated carbocycles. The second kappa shape index (κ2) is 9.87. The topological polar surface area (TPSA) is 25.4 Å². The summed E-state index contributed by atoms with van der Waals surface area (Å²) in [6.07, 6.45) is 2.00. The lowest BCUT2D eigenvalue weighted by Crippen LogP contribution is -2.44. The first-order chi connectivity index (χ1) is 13.8. The first-order valence-corrected chi connectivity index (χ1v) is 11.5. The molecule has 1 fully saturated rings. The van der Waals surface area contributed by atoms with Gasteiger partial charge in [0.05, 0.1) is 18.0 Å². The lowest BCUT2D eigenvalue weighted by molar-refractivity contribution is -0.0320. The van der Waals surface area contributed by atoms with Crippen LogP contribution in [0.2, 0.25) is 0 Å². The molecule has 28 heavy (non-hydrogen) atoms. The van der Waals surface area contributed by atoms with Gasteiger partial charge in [-0.2, -0.15) is 0 Å². The van der Waals surface area contributed by atoms with Crippen molar-refractivity contribution in [1.82, 2.24) is 9.88 Å². The fourth-order valence-corrected chi connectivity index (χ4v) is 5.36. The van der Waals surface area contributed by atoms with Gasteiger partial charge in [-0.1, -0.05) is 72.4 Å². The lowest BCUT2D eigenvalue weighted by atomic mass is 10.1. The minimum absolute atomic E-state index is 0.127. The van der Waals surface area contributed by atoms with Crippen LogP contribution < -0.4 is 0 Å². The molecule has 3 nitrogen and oxygen atoms in total. The molecule has 2 atom stereocenters. The molecule has 0 N–H and O–H groups in total. The van der Waals surface area contributed by atoms with E-state index in [0.717, 1.165) is 31.3 Å². The number of hydrogen-bond donors (Lipinski definition) is 0. The number of morpholine rings is 1. The quantitative estimate of drug-likeness (QED) is 0.332. The Hall–Kier alpha value is -1.41. The van der Waals surface area contributed by atoms with Gasteiger partial charge < -0.3 is 4.74 Å². The Morgan fingerprint density at radius 3 is 2.54 bits per heavy atom. The maximum absolute atomic E-state index is 6.28. The van der Waals surface area contributed by atoms with Crippen LogP contribution in [0.4, 0.5) is 0 Å². The molecule has 2 heterocycles. The number of ether oxygens (including phenoxy) is 1. The Morgan fingerprint density at radius 1 is 1.04 bits per heavy atom. The molecule has 0 aliphatic carbocycles. The van der Waals surface area contributed by atoms with Gasteiger partial charge in [-0.25, -0.2) is 4.98 Å². The number of nitrogens with zero attached hydrogens (tertiary/aromatic N) is 2. The molecular weight excluding hydrogens is 479 g/mol. The van der Waals surface area contributed by atoms with Crippen LogP contribution in [0.15, 0.2) is 84.0 Å². The SMILES string of the molecule is Ic1cccnc1SC(c1ccccc1)[C@@H]1CN(Cc2ccccc2)CCO1. The number of pyridine rings is 1. The van der Waals surface area contributed by atoms with Gasteiger partial charge in [0, 0.05) is 29.4 Å². The molecule has 0 amide bonds. The van der Waals surface area contributed by atoms with Crippen LogP contribution in [-0.2, 0) is 11.3 Å². The van der Waals surface area contributed by atoms with Gasteiger partial charge in [0.25, 0.3) is 0 Å². The van der Waals surface area contributed by atoms with Crippen molar-refractivity contribution in [2.45, 2.75) is 22.9 Å². The van der Waals surface area contributed by atoms with Gasteiger partial charge in [0.1, 0.15) is 5.03 Å². The van der Waals surface area contributed by atoms with Gasteiger partial charge in [0.15, 0.2) is 0 Å². The maximum Gasteiger partial charge on any atom is 0.110 e. The molecule has 0 spiro atoms. The fourth-order valence-electron chi connectivity index (χ4n) is 3.48. The Morgan fingerprint density at radius 2 is 1.79 bits per heavy atom. The van der Waals surface area contributed by atoms with Gasteiger partial charge in [-0.15, -0.1) is 0 Å². The summed E-state index contributed by atoms with van der Waals surface area (Å²) in [4.78, 5) is 7.11. The number of hydrogen-bond acceptors (Lipinski definition) is 4. The number of aromatic nitrogens is 1. The van der Waals surface area contributed by atoms with Crippen LogP contribution in [0, 0.1) is 3.57 Å². The summed E-state index contributed by atoms with van der Waals surface area (Å²) >= 11 is 4.18. The van der Waals surface area contributed by atoms with Crippen molar-refractivity contribution in [3.63, 3.8) is 0 Å². The predicted molar refractivity (Wildman–Crippen MR) is 123 cm³/mol. The lowest BCUT2D eigenvalue weighted by Gasteiger charge is -2.37. The van der Waals surface area contributed by atoms with Crippen LogP contribution >= 0.6 is 34.4 Å². The molecule has 0 bridgehead atoms. The summed E-state index contributed by atoms with van der Waals surface area (Å²) in [5.41, 5.74) is 2.65. The Labute approximate surface area is 184 Å². The minimum Gasteiger partial charge on any atom is -0.374 e. The van der Waals surface area contributed by atoms with Crippen molar-refractivity contribution >= 4 is 34.4 Å². The molecule has 2 aromatic carbocycles. The summed E-state index contributed by atoms with van der Waals surface area (Å²) in [5.74, 6) is 0. The van der Waals surface area contributed by atoms with E-state index in [1.807, 2.05) is 24.0 Å². The average Bonchev–Trinajstić information content (AvgIpc) is 2.75. The third kappa shape index (κ3) is 5.14. The van der Waals surface area contributed by atoms with Gasteiger partial charge in [-0.3, -0.25) is 4.90 Å². The van der Waals surface area contributed by atoms with E-state index >= 15 is 0 Å². The molecule has 1 saturated heterocycles. The number of benzene rings is 2. The second-order valence-electron chi connectivity index (χ2n) is 6.87. The van der Waals surface area contributed by atoms with E-state index in [1.54, 1.807) is 0 Å². The van der Waals surface area contributed by atoms with E-state index in [9.17, 15) is 0 Å². The Kier molecular flexibility index (Phi) is 7.01. The highest BCUT2D eigenvalue weighted by Gasteiger charge is 2.31. The summed E-state index contributed by atoms with van der Waals surface area (Å²) in [6, 6.07) is 25.5. The zero-order valence-electron chi connectivity index (χ0n) is 15.6. The molecule has 1 aliphatic rings. The highest BCUT2D eigenvalue weighted by Crippen LogP contribution is 2.40. The zero-order chi connectivity index (χ0) is 19.2. The average molecular weight is 502 g/mol. The predicted octanol–water partition coefficient (Wildman–Crippen LogP) is 5.42. The van der Waals surface area contributed by atoms with Crippen molar-refractivity contribution in [3.8, 4) is 0 Å². The number of rotatable bonds is 6.